The molecule has 0 unspecified atom stereocenters. The average Bonchev–Trinajstić information content (AvgIpc) is 2.73. The lowest BCUT2D eigenvalue weighted by Gasteiger charge is -2.03. The highest BCUT2D eigenvalue weighted by Crippen LogP contribution is 2.12. The summed E-state index contributed by atoms with van der Waals surface area (Å²) in [5.74, 6) is 0. The molecule has 0 aliphatic rings. The Kier molecular flexibility index (Phi) is 2.94. The lowest BCUT2D eigenvalue weighted by molar-refractivity contribution is 0.700. The van der Waals surface area contributed by atoms with Crippen LogP contribution in [0.3, 0.4) is 0 Å². The lowest BCUT2D eigenvalue weighted by atomic mass is 10.1. The van der Waals surface area contributed by atoms with Gasteiger partial charge in [0.1, 0.15) is 0 Å². The van der Waals surface area contributed by atoms with E-state index in [1.807, 2.05) is 18.2 Å². The monoisotopic (exact) mass is 255 g/mol. The molecule has 0 bridgehead atoms. The van der Waals surface area contributed by atoms with Crippen LogP contribution >= 0.6 is 12.2 Å². The van der Waals surface area contributed by atoms with E-state index in [1.54, 1.807) is 6.20 Å². The van der Waals surface area contributed by atoms with E-state index in [1.165, 1.54) is 5.56 Å². The molecule has 0 amide bonds. The number of aromatic nitrogens is 3. The molecule has 0 aliphatic heterocycles. The van der Waals surface area contributed by atoms with Gasteiger partial charge in [0.15, 0.2) is 10.4 Å². The number of hydrogen-bond donors (Lipinski definition) is 1. The second-order valence-electron chi connectivity index (χ2n) is 4.19. The summed E-state index contributed by atoms with van der Waals surface area (Å²) in [5.41, 5.74) is 3.23. The van der Waals surface area contributed by atoms with E-state index in [9.17, 15) is 0 Å². The highest BCUT2D eigenvalue weighted by atomic mass is 32.1. The molecule has 0 radical (unpaired) electrons. The van der Waals surface area contributed by atoms with Crippen molar-refractivity contribution in [3.05, 3.63) is 59.0 Å². The summed E-state index contributed by atoms with van der Waals surface area (Å²) in [5, 5.41) is 0. The van der Waals surface area contributed by atoms with E-state index in [-0.39, 0.29) is 0 Å². The molecule has 1 aromatic carbocycles. The summed E-state index contributed by atoms with van der Waals surface area (Å²) in [4.78, 5) is 7.56. The standard InChI is InChI=1S/C14H13N3S/c18-14-16-12-7-4-9-15-13(12)17(14)10-8-11-5-2-1-3-6-11/h1-7,9H,8,10H2,(H,16,18). The predicted octanol–water partition coefficient (Wildman–Crippen LogP) is 3.34. The predicted molar refractivity (Wildman–Crippen MR) is 75.1 cm³/mol. The topological polar surface area (TPSA) is 33.6 Å². The highest BCUT2D eigenvalue weighted by molar-refractivity contribution is 7.71. The molecule has 0 saturated heterocycles. The Morgan fingerprint density at radius 3 is 2.78 bits per heavy atom. The van der Waals surface area contributed by atoms with Gasteiger partial charge < -0.3 is 9.55 Å². The zero-order valence-electron chi connectivity index (χ0n) is 9.84. The zero-order valence-corrected chi connectivity index (χ0v) is 10.7. The molecule has 2 aromatic heterocycles. The van der Waals surface area contributed by atoms with Gasteiger partial charge in [-0.15, -0.1) is 0 Å². The number of pyridine rings is 1. The van der Waals surface area contributed by atoms with Crippen LogP contribution in [0, 0.1) is 4.77 Å². The Hall–Kier alpha value is -1.94. The van der Waals surface area contributed by atoms with Crippen molar-refractivity contribution in [1.82, 2.24) is 14.5 Å². The van der Waals surface area contributed by atoms with Gasteiger partial charge >= 0.3 is 0 Å². The first-order chi connectivity index (χ1) is 8.84. The summed E-state index contributed by atoms with van der Waals surface area (Å²) in [6.07, 6.45) is 2.75. The van der Waals surface area contributed by atoms with Crippen molar-refractivity contribution >= 4 is 23.4 Å². The largest absolute Gasteiger partial charge is 0.329 e. The molecule has 18 heavy (non-hydrogen) atoms. The number of fused-ring (bicyclic) bond motifs is 1. The van der Waals surface area contributed by atoms with Crippen LogP contribution in [-0.4, -0.2) is 14.5 Å². The van der Waals surface area contributed by atoms with Crippen LogP contribution in [0.5, 0.6) is 0 Å². The maximum atomic E-state index is 5.34. The minimum atomic E-state index is 0.736. The van der Waals surface area contributed by atoms with Gasteiger partial charge in [-0.3, -0.25) is 0 Å². The molecule has 2 heterocycles. The molecule has 3 rings (SSSR count). The second-order valence-corrected chi connectivity index (χ2v) is 4.58. The SMILES string of the molecule is S=c1[nH]c2cccnc2n1CCc1ccccc1. The van der Waals surface area contributed by atoms with Crippen molar-refractivity contribution in [2.45, 2.75) is 13.0 Å². The molecule has 0 spiro atoms. The van der Waals surface area contributed by atoms with E-state index < -0.39 is 0 Å². The maximum Gasteiger partial charge on any atom is 0.179 e. The number of H-pyrrole nitrogens is 1. The Balaban J connectivity index is 1.91. The van der Waals surface area contributed by atoms with Crippen molar-refractivity contribution in [2.24, 2.45) is 0 Å². The first kappa shape index (κ1) is 11.2. The van der Waals surface area contributed by atoms with Crippen molar-refractivity contribution in [1.29, 1.82) is 0 Å². The molecule has 90 valence electrons. The third kappa shape index (κ3) is 2.07. The van der Waals surface area contributed by atoms with Crippen LogP contribution in [0.15, 0.2) is 48.7 Å². The van der Waals surface area contributed by atoms with Crippen LogP contribution in [0.1, 0.15) is 5.56 Å². The van der Waals surface area contributed by atoms with E-state index in [0.717, 1.165) is 28.9 Å². The lowest BCUT2D eigenvalue weighted by Crippen LogP contribution is -2.02. The smallest absolute Gasteiger partial charge is 0.179 e. The van der Waals surface area contributed by atoms with Gasteiger partial charge in [-0.05, 0) is 36.3 Å². The van der Waals surface area contributed by atoms with Crippen molar-refractivity contribution in [3.63, 3.8) is 0 Å². The first-order valence-corrected chi connectivity index (χ1v) is 6.33. The normalized spacial score (nSPS) is 10.9. The van der Waals surface area contributed by atoms with Gasteiger partial charge in [-0.2, -0.15) is 0 Å². The van der Waals surface area contributed by atoms with E-state index in [2.05, 4.69) is 38.8 Å². The van der Waals surface area contributed by atoms with Crippen LogP contribution < -0.4 is 0 Å². The van der Waals surface area contributed by atoms with Gasteiger partial charge in [0.25, 0.3) is 0 Å². The number of benzene rings is 1. The summed E-state index contributed by atoms with van der Waals surface area (Å²) in [6.45, 7) is 0.847. The molecule has 0 fully saturated rings. The minimum absolute atomic E-state index is 0.736. The molecule has 0 atom stereocenters. The average molecular weight is 255 g/mol. The van der Waals surface area contributed by atoms with Crippen LogP contribution in [0.25, 0.3) is 11.2 Å². The van der Waals surface area contributed by atoms with E-state index in [0.29, 0.717) is 0 Å². The Bertz CT molecular complexity index is 712. The Morgan fingerprint density at radius 2 is 1.94 bits per heavy atom. The molecular weight excluding hydrogens is 242 g/mol. The van der Waals surface area contributed by atoms with Gasteiger partial charge in [-0.25, -0.2) is 4.98 Å². The van der Waals surface area contributed by atoms with Gasteiger partial charge in [-0.1, -0.05) is 30.3 Å². The number of nitrogens with one attached hydrogen (secondary N) is 1. The van der Waals surface area contributed by atoms with Crippen LogP contribution in [0.4, 0.5) is 0 Å². The van der Waals surface area contributed by atoms with Gasteiger partial charge in [0.2, 0.25) is 0 Å². The van der Waals surface area contributed by atoms with Crippen molar-refractivity contribution in [3.8, 4) is 0 Å². The Labute approximate surface area is 110 Å². The highest BCUT2D eigenvalue weighted by Gasteiger charge is 2.04. The molecule has 0 saturated carbocycles. The number of aromatic amines is 1. The second kappa shape index (κ2) is 4.74. The number of aryl methyl sites for hydroxylation is 2. The molecule has 1 N–H and O–H groups in total. The van der Waals surface area contributed by atoms with Gasteiger partial charge in [0.05, 0.1) is 5.52 Å². The zero-order chi connectivity index (χ0) is 12.4. The van der Waals surface area contributed by atoms with Gasteiger partial charge in [0, 0.05) is 12.7 Å². The third-order valence-electron chi connectivity index (χ3n) is 3.00. The molecular formula is C14H13N3S. The third-order valence-corrected chi connectivity index (χ3v) is 3.32. The maximum absolute atomic E-state index is 5.34. The number of imidazole rings is 1. The summed E-state index contributed by atoms with van der Waals surface area (Å²) < 4.78 is 2.79. The quantitative estimate of drug-likeness (QED) is 0.728. The number of rotatable bonds is 3. The summed E-state index contributed by atoms with van der Waals surface area (Å²) in [7, 11) is 0. The molecule has 3 nitrogen and oxygen atoms in total. The first-order valence-electron chi connectivity index (χ1n) is 5.92. The summed E-state index contributed by atoms with van der Waals surface area (Å²) >= 11 is 5.34. The van der Waals surface area contributed by atoms with Crippen molar-refractivity contribution < 1.29 is 0 Å². The van der Waals surface area contributed by atoms with E-state index >= 15 is 0 Å². The van der Waals surface area contributed by atoms with Crippen LogP contribution in [-0.2, 0) is 13.0 Å². The molecule has 4 heteroatoms. The van der Waals surface area contributed by atoms with Crippen LogP contribution in [0.2, 0.25) is 0 Å². The number of nitrogens with zero attached hydrogens (tertiary/aromatic N) is 2. The fraction of sp³-hybridized carbons (Fsp3) is 0.143. The van der Waals surface area contributed by atoms with Crippen molar-refractivity contribution in [2.75, 3.05) is 0 Å². The van der Waals surface area contributed by atoms with E-state index in [4.69, 9.17) is 12.2 Å². The molecule has 0 aliphatic carbocycles. The Morgan fingerprint density at radius 1 is 1.11 bits per heavy atom. The fourth-order valence-electron chi connectivity index (χ4n) is 2.08. The minimum Gasteiger partial charge on any atom is -0.329 e. The summed E-state index contributed by atoms with van der Waals surface area (Å²) in [6, 6.07) is 14.3. The molecule has 3 aromatic rings. The fourth-order valence-corrected chi connectivity index (χ4v) is 2.37. The number of hydrogen-bond acceptors (Lipinski definition) is 2.